The van der Waals surface area contributed by atoms with Crippen LogP contribution in [0.25, 0.3) is 0 Å². The minimum Gasteiger partial charge on any atom is -0.370 e. The van der Waals surface area contributed by atoms with Gasteiger partial charge in [0.25, 0.3) is 5.91 Å². The molecule has 0 aliphatic carbocycles. The van der Waals surface area contributed by atoms with Gasteiger partial charge in [-0.15, -0.1) is 0 Å². The quantitative estimate of drug-likeness (QED) is 0.839. The van der Waals surface area contributed by atoms with Crippen LogP contribution in [-0.4, -0.2) is 23.5 Å². The Balaban J connectivity index is 3.04. The van der Waals surface area contributed by atoms with E-state index in [1.807, 2.05) is 26.0 Å². The smallest absolute Gasteiger partial charge is 0.251 e. The first-order chi connectivity index (χ1) is 9.77. The second kappa shape index (κ2) is 7.43. The number of aromatic nitrogens is 1. The minimum absolute atomic E-state index is 0.0250. The van der Waals surface area contributed by atoms with Crippen LogP contribution in [-0.2, 0) is 5.41 Å². The van der Waals surface area contributed by atoms with Crippen LogP contribution >= 0.6 is 0 Å². The molecular weight excluding hydrogens is 262 g/mol. The maximum Gasteiger partial charge on any atom is 0.251 e. The maximum atomic E-state index is 12.4. The van der Waals surface area contributed by atoms with Crippen molar-refractivity contribution in [2.24, 2.45) is 0 Å². The number of pyridine rings is 1. The number of hydrogen-bond acceptors (Lipinski definition) is 3. The SMILES string of the molecule is CCCC(C)NC(=O)c1cc(NCC)nc(C(C)(C)C)c1. The first-order valence-corrected chi connectivity index (χ1v) is 7.85. The summed E-state index contributed by atoms with van der Waals surface area (Å²) in [5, 5.41) is 6.25. The number of nitrogens with one attached hydrogen (secondary N) is 2. The summed E-state index contributed by atoms with van der Waals surface area (Å²) in [5.74, 6) is 0.737. The molecule has 4 nitrogen and oxygen atoms in total. The van der Waals surface area contributed by atoms with Crippen LogP contribution in [0.3, 0.4) is 0 Å². The highest BCUT2D eigenvalue weighted by Crippen LogP contribution is 2.23. The van der Waals surface area contributed by atoms with E-state index in [9.17, 15) is 4.79 Å². The van der Waals surface area contributed by atoms with E-state index in [2.05, 4.69) is 43.3 Å². The molecule has 0 aliphatic rings. The number of rotatable bonds is 6. The Kier molecular flexibility index (Phi) is 6.19. The lowest BCUT2D eigenvalue weighted by molar-refractivity contribution is 0.0938. The fourth-order valence-electron chi connectivity index (χ4n) is 2.13. The molecule has 21 heavy (non-hydrogen) atoms. The molecule has 0 aromatic carbocycles. The van der Waals surface area contributed by atoms with Crippen LogP contribution < -0.4 is 10.6 Å². The number of anilines is 1. The molecule has 118 valence electrons. The van der Waals surface area contributed by atoms with Crippen molar-refractivity contribution in [3.63, 3.8) is 0 Å². The lowest BCUT2D eigenvalue weighted by Crippen LogP contribution is -2.32. The summed E-state index contributed by atoms with van der Waals surface area (Å²) >= 11 is 0. The van der Waals surface area contributed by atoms with Crippen LogP contribution in [0.4, 0.5) is 5.82 Å². The van der Waals surface area contributed by atoms with Gasteiger partial charge in [-0.05, 0) is 32.4 Å². The monoisotopic (exact) mass is 291 g/mol. The van der Waals surface area contributed by atoms with E-state index in [0.717, 1.165) is 30.9 Å². The van der Waals surface area contributed by atoms with E-state index in [-0.39, 0.29) is 17.4 Å². The second-order valence-corrected chi connectivity index (χ2v) is 6.57. The van der Waals surface area contributed by atoms with Crippen molar-refractivity contribution < 1.29 is 4.79 Å². The fraction of sp³-hybridized carbons (Fsp3) is 0.647. The van der Waals surface area contributed by atoms with Crippen LogP contribution in [0.1, 0.15) is 70.4 Å². The Morgan fingerprint density at radius 1 is 1.29 bits per heavy atom. The Morgan fingerprint density at radius 3 is 2.48 bits per heavy atom. The molecule has 0 spiro atoms. The first-order valence-electron chi connectivity index (χ1n) is 7.85. The van der Waals surface area contributed by atoms with E-state index in [4.69, 9.17) is 0 Å². The van der Waals surface area contributed by atoms with Crippen molar-refractivity contribution in [3.8, 4) is 0 Å². The molecule has 1 aromatic rings. The summed E-state index contributed by atoms with van der Waals surface area (Å²) in [5.41, 5.74) is 1.51. The van der Waals surface area contributed by atoms with Gasteiger partial charge in [0.1, 0.15) is 5.82 Å². The number of carbonyl (C=O) groups is 1. The Morgan fingerprint density at radius 2 is 1.95 bits per heavy atom. The molecule has 1 aromatic heterocycles. The van der Waals surface area contributed by atoms with E-state index in [0.29, 0.717) is 5.56 Å². The first kappa shape index (κ1) is 17.5. The molecule has 0 fully saturated rings. The molecule has 1 amide bonds. The molecule has 0 aliphatic heterocycles. The van der Waals surface area contributed by atoms with Gasteiger partial charge < -0.3 is 10.6 Å². The van der Waals surface area contributed by atoms with Crippen LogP contribution in [0, 0.1) is 0 Å². The molecule has 0 saturated heterocycles. The van der Waals surface area contributed by atoms with Crippen molar-refractivity contribution in [3.05, 3.63) is 23.4 Å². The summed E-state index contributed by atoms with van der Waals surface area (Å²) in [6.45, 7) is 13.3. The van der Waals surface area contributed by atoms with Crippen molar-refractivity contribution in [1.29, 1.82) is 0 Å². The molecule has 0 bridgehead atoms. The normalized spacial score (nSPS) is 12.9. The van der Waals surface area contributed by atoms with Gasteiger partial charge in [-0.3, -0.25) is 4.79 Å². The van der Waals surface area contributed by atoms with Gasteiger partial charge in [0.15, 0.2) is 0 Å². The van der Waals surface area contributed by atoms with E-state index in [1.54, 1.807) is 0 Å². The Hall–Kier alpha value is -1.58. The molecule has 0 saturated carbocycles. The minimum atomic E-state index is -0.0878. The number of amides is 1. The average molecular weight is 291 g/mol. The third-order valence-corrected chi connectivity index (χ3v) is 3.31. The Bertz CT molecular complexity index is 477. The summed E-state index contributed by atoms with van der Waals surface area (Å²) in [6.07, 6.45) is 2.05. The number of nitrogens with zero attached hydrogens (tertiary/aromatic N) is 1. The highest BCUT2D eigenvalue weighted by atomic mass is 16.1. The summed E-state index contributed by atoms with van der Waals surface area (Å²) < 4.78 is 0. The van der Waals surface area contributed by atoms with Gasteiger partial charge in [0.2, 0.25) is 0 Å². The van der Waals surface area contributed by atoms with Gasteiger partial charge in [-0.25, -0.2) is 4.98 Å². The summed E-state index contributed by atoms with van der Waals surface area (Å²) in [6, 6.07) is 3.91. The molecular formula is C17H29N3O. The van der Waals surface area contributed by atoms with Gasteiger partial charge in [0, 0.05) is 29.3 Å². The molecule has 1 heterocycles. The van der Waals surface area contributed by atoms with E-state index in [1.165, 1.54) is 0 Å². The highest BCUT2D eigenvalue weighted by molar-refractivity contribution is 5.95. The van der Waals surface area contributed by atoms with Crippen molar-refractivity contribution in [2.45, 2.75) is 65.8 Å². The zero-order chi connectivity index (χ0) is 16.0. The molecule has 0 radical (unpaired) electrons. The van der Waals surface area contributed by atoms with E-state index < -0.39 is 0 Å². The third kappa shape index (κ3) is 5.37. The zero-order valence-electron chi connectivity index (χ0n) is 14.2. The van der Waals surface area contributed by atoms with Crippen LogP contribution in [0.15, 0.2) is 12.1 Å². The molecule has 2 N–H and O–H groups in total. The Labute approximate surface area is 128 Å². The summed E-state index contributed by atoms with van der Waals surface area (Å²) in [7, 11) is 0. The average Bonchev–Trinajstić information content (AvgIpc) is 2.38. The predicted octanol–water partition coefficient (Wildman–Crippen LogP) is 3.73. The molecule has 1 atom stereocenters. The largest absolute Gasteiger partial charge is 0.370 e. The standard InChI is InChI=1S/C17H29N3O/c1-7-9-12(3)19-16(21)13-10-14(17(4,5)6)20-15(11-13)18-8-2/h10-12H,7-9H2,1-6H3,(H,18,20)(H,19,21). The lowest BCUT2D eigenvalue weighted by atomic mass is 9.90. The van der Waals surface area contributed by atoms with Gasteiger partial charge in [-0.1, -0.05) is 34.1 Å². The van der Waals surface area contributed by atoms with Gasteiger partial charge >= 0.3 is 0 Å². The van der Waals surface area contributed by atoms with Crippen molar-refractivity contribution >= 4 is 11.7 Å². The van der Waals surface area contributed by atoms with Crippen LogP contribution in [0.5, 0.6) is 0 Å². The molecule has 1 unspecified atom stereocenters. The third-order valence-electron chi connectivity index (χ3n) is 3.31. The van der Waals surface area contributed by atoms with Crippen molar-refractivity contribution in [2.75, 3.05) is 11.9 Å². The van der Waals surface area contributed by atoms with Crippen molar-refractivity contribution in [1.82, 2.24) is 10.3 Å². The highest BCUT2D eigenvalue weighted by Gasteiger charge is 2.19. The summed E-state index contributed by atoms with van der Waals surface area (Å²) in [4.78, 5) is 17.0. The number of hydrogen-bond donors (Lipinski definition) is 2. The lowest BCUT2D eigenvalue weighted by Gasteiger charge is -2.20. The topological polar surface area (TPSA) is 54.0 Å². The molecule has 4 heteroatoms. The van der Waals surface area contributed by atoms with Crippen LogP contribution in [0.2, 0.25) is 0 Å². The second-order valence-electron chi connectivity index (χ2n) is 6.57. The van der Waals surface area contributed by atoms with E-state index >= 15 is 0 Å². The predicted molar refractivity (Wildman–Crippen MR) is 88.9 cm³/mol. The van der Waals surface area contributed by atoms with Gasteiger partial charge in [0.05, 0.1) is 0 Å². The van der Waals surface area contributed by atoms with Gasteiger partial charge in [-0.2, -0.15) is 0 Å². The fourth-order valence-corrected chi connectivity index (χ4v) is 2.13. The zero-order valence-corrected chi connectivity index (χ0v) is 14.2. The number of carbonyl (C=O) groups excluding carboxylic acids is 1. The maximum absolute atomic E-state index is 12.4. The molecule has 1 rings (SSSR count).